The van der Waals surface area contributed by atoms with E-state index in [-0.39, 0.29) is 5.69 Å². The molecule has 0 spiro atoms. The number of aromatic nitrogens is 6. The van der Waals surface area contributed by atoms with Crippen LogP contribution in [-0.4, -0.2) is 68.3 Å². The molecular weight excluding hydrogens is 517 g/mol. The molecule has 9 nitrogen and oxygen atoms in total. The molecule has 7 rings (SSSR count). The van der Waals surface area contributed by atoms with Crippen molar-refractivity contribution in [3.05, 3.63) is 90.1 Å². The maximum absolute atomic E-state index is 16.2. The van der Waals surface area contributed by atoms with Gasteiger partial charge in [0.25, 0.3) is 0 Å². The van der Waals surface area contributed by atoms with Crippen LogP contribution in [-0.2, 0) is 13.1 Å². The van der Waals surface area contributed by atoms with Crippen LogP contribution in [0.25, 0.3) is 44.7 Å². The Bertz CT molecular complexity index is 1820. The number of hydrogen-bond donors (Lipinski definition) is 3. The number of aromatic amines is 2. The smallest absolute Gasteiger partial charge is 0.161 e. The minimum atomic E-state index is -0.456. The van der Waals surface area contributed by atoms with Gasteiger partial charge in [-0.2, -0.15) is 5.10 Å². The Morgan fingerprint density at radius 3 is 2.56 bits per heavy atom. The minimum absolute atomic E-state index is 0.229. The van der Waals surface area contributed by atoms with E-state index < -0.39 is 5.82 Å². The van der Waals surface area contributed by atoms with E-state index in [4.69, 9.17) is 4.98 Å². The SMILES string of the molecule is CN1CCN(c2cccc3[nH]c(-c4n[nH]c5cnc(-c6cncc(CNCc7ccccc7)c6)c(F)c45)nc23)CC1. The predicted octanol–water partition coefficient (Wildman–Crippen LogP) is 4.74. The van der Waals surface area contributed by atoms with Crippen LogP contribution in [0.15, 0.2) is 73.2 Å². The minimum Gasteiger partial charge on any atom is -0.367 e. The Kier molecular flexibility index (Phi) is 6.62. The van der Waals surface area contributed by atoms with Crippen molar-refractivity contribution in [1.29, 1.82) is 0 Å². The van der Waals surface area contributed by atoms with Crippen molar-refractivity contribution in [3.8, 4) is 22.8 Å². The molecule has 0 saturated carbocycles. The summed E-state index contributed by atoms with van der Waals surface area (Å²) in [6, 6.07) is 18.2. The second kappa shape index (κ2) is 10.7. The van der Waals surface area contributed by atoms with Gasteiger partial charge in [-0.15, -0.1) is 0 Å². The quantitative estimate of drug-likeness (QED) is 0.265. The second-order valence-corrected chi connectivity index (χ2v) is 10.5. The van der Waals surface area contributed by atoms with Crippen LogP contribution in [0.4, 0.5) is 10.1 Å². The number of anilines is 1. The molecule has 4 aromatic heterocycles. The molecular formula is C31H30FN9. The fourth-order valence-electron chi connectivity index (χ4n) is 5.44. The molecule has 0 bridgehead atoms. The number of hydrogen-bond acceptors (Lipinski definition) is 7. The van der Waals surface area contributed by atoms with E-state index in [1.54, 1.807) is 18.6 Å². The van der Waals surface area contributed by atoms with Gasteiger partial charge in [-0.1, -0.05) is 36.4 Å². The van der Waals surface area contributed by atoms with Crippen LogP contribution in [0.5, 0.6) is 0 Å². The lowest BCUT2D eigenvalue weighted by molar-refractivity contribution is 0.313. The molecule has 1 fully saturated rings. The molecule has 1 saturated heterocycles. The van der Waals surface area contributed by atoms with Gasteiger partial charge in [-0.05, 0) is 36.4 Å². The third kappa shape index (κ3) is 4.92. The highest BCUT2D eigenvalue weighted by Crippen LogP contribution is 2.34. The van der Waals surface area contributed by atoms with Crippen molar-refractivity contribution in [2.24, 2.45) is 0 Å². The Balaban J connectivity index is 1.20. The average molecular weight is 548 g/mol. The number of nitrogens with one attached hydrogen (secondary N) is 3. The Morgan fingerprint density at radius 2 is 1.71 bits per heavy atom. The maximum atomic E-state index is 16.2. The molecule has 41 heavy (non-hydrogen) atoms. The summed E-state index contributed by atoms with van der Waals surface area (Å²) in [5.74, 6) is 0.0584. The summed E-state index contributed by atoms with van der Waals surface area (Å²) in [5, 5.41) is 11.2. The lowest BCUT2D eigenvalue weighted by Gasteiger charge is -2.34. The molecule has 0 radical (unpaired) electrons. The summed E-state index contributed by atoms with van der Waals surface area (Å²) in [6.07, 6.45) is 5.04. The second-order valence-electron chi connectivity index (χ2n) is 10.5. The third-order valence-corrected chi connectivity index (χ3v) is 7.67. The van der Waals surface area contributed by atoms with Crippen LogP contribution in [0.1, 0.15) is 11.1 Å². The molecule has 6 aromatic rings. The van der Waals surface area contributed by atoms with Gasteiger partial charge >= 0.3 is 0 Å². The van der Waals surface area contributed by atoms with E-state index in [1.165, 1.54) is 5.56 Å². The first kappa shape index (κ1) is 25.3. The monoisotopic (exact) mass is 547 g/mol. The first-order valence-electron chi connectivity index (χ1n) is 13.8. The number of benzene rings is 2. The van der Waals surface area contributed by atoms with Gasteiger partial charge in [0.15, 0.2) is 11.6 Å². The Hall–Kier alpha value is -4.67. The van der Waals surface area contributed by atoms with Crippen LogP contribution in [0.2, 0.25) is 0 Å². The molecule has 2 aromatic carbocycles. The zero-order valence-electron chi connectivity index (χ0n) is 22.7. The number of fused-ring (bicyclic) bond motifs is 2. The van der Waals surface area contributed by atoms with Gasteiger partial charge in [0.1, 0.15) is 16.9 Å². The average Bonchev–Trinajstić information content (AvgIpc) is 3.63. The molecule has 1 aliphatic heterocycles. The van der Waals surface area contributed by atoms with E-state index in [1.807, 2.05) is 36.4 Å². The normalized spacial score (nSPS) is 14.3. The highest BCUT2D eigenvalue weighted by atomic mass is 19.1. The lowest BCUT2D eigenvalue weighted by Crippen LogP contribution is -2.44. The van der Waals surface area contributed by atoms with Gasteiger partial charge in [-0.25, -0.2) is 9.37 Å². The number of likely N-dealkylation sites (N-methyl/N-ethyl adjacent to an activating group) is 1. The molecule has 0 aliphatic carbocycles. The number of H-pyrrole nitrogens is 2. The van der Waals surface area contributed by atoms with Gasteiger partial charge in [0, 0.05) is 57.2 Å². The van der Waals surface area contributed by atoms with E-state index in [0.717, 1.165) is 55.0 Å². The standard InChI is InChI=1S/C31H30FN9/c1-40-10-12-41(13-11-40)25-9-5-8-23-29(25)37-31(36-23)30-26-24(38-39-30)19-35-28(27(26)32)22-14-21(17-34-18-22)16-33-15-20-6-3-2-4-7-20/h2-9,14,17-19,33H,10-13,15-16H2,1H3,(H,36,37)(H,38,39). The molecule has 1 aliphatic rings. The largest absolute Gasteiger partial charge is 0.367 e. The fraction of sp³-hybridized carbons (Fsp3) is 0.226. The van der Waals surface area contributed by atoms with E-state index in [9.17, 15) is 0 Å². The maximum Gasteiger partial charge on any atom is 0.161 e. The molecule has 5 heterocycles. The van der Waals surface area contributed by atoms with Gasteiger partial charge < -0.3 is 20.1 Å². The first-order valence-corrected chi connectivity index (χ1v) is 13.8. The summed E-state index contributed by atoms with van der Waals surface area (Å²) < 4.78 is 16.2. The van der Waals surface area contributed by atoms with E-state index in [0.29, 0.717) is 34.5 Å². The van der Waals surface area contributed by atoms with Crippen molar-refractivity contribution in [2.75, 3.05) is 38.1 Å². The summed E-state index contributed by atoms with van der Waals surface area (Å²) >= 11 is 0. The first-order chi connectivity index (χ1) is 20.1. The zero-order chi connectivity index (χ0) is 27.8. The molecule has 3 N–H and O–H groups in total. The number of para-hydroxylation sites is 1. The molecule has 206 valence electrons. The number of imidazole rings is 1. The van der Waals surface area contributed by atoms with E-state index in [2.05, 4.69) is 65.5 Å². The molecule has 10 heteroatoms. The van der Waals surface area contributed by atoms with Crippen molar-refractivity contribution in [3.63, 3.8) is 0 Å². The Morgan fingerprint density at radius 1 is 0.878 bits per heavy atom. The Labute approximate surface area is 236 Å². The predicted molar refractivity (Wildman–Crippen MR) is 159 cm³/mol. The molecule has 0 amide bonds. The van der Waals surface area contributed by atoms with Gasteiger partial charge in [0.2, 0.25) is 0 Å². The summed E-state index contributed by atoms with van der Waals surface area (Å²) in [4.78, 5) is 21.8. The fourth-order valence-corrected chi connectivity index (χ4v) is 5.44. The molecule has 0 atom stereocenters. The van der Waals surface area contributed by atoms with Crippen molar-refractivity contribution in [1.82, 2.24) is 40.3 Å². The summed E-state index contributed by atoms with van der Waals surface area (Å²) in [6.45, 7) is 5.19. The van der Waals surface area contributed by atoms with Crippen LogP contribution in [0.3, 0.4) is 0 Å². The van der Waals surface area contributed by atoms with Gasteiger partial charge in [0.05, 0.1) is 28.3 Å². The topological polar surface area (TPSA) is 102 Å². The van der Waals surface area contributed by atoms with Crippen molar-refractivity contribution >= 4 is 27.6 Å². The number of nitrogens with zero attached hydrogens (tertiary/aromatic N) is 6. The summed E-state index contributed by atoms with van der Waals surface area (Å²) in [7, 11) is 2.14. The van der Waals surface area contributed by atoms with Crippen LogP contribution < -0.4 is 10.2 Å². The highest BCUT2D eigenvalue weighted by Gasteiger charge is 2.23. The highest BCUT2D eigenvalue weighted by molar-refractivity contribution is 5.97. The van der Waals surface area contributed by atoms with Crippen LogP contribution in [0, 0.1) is 5.82 Å². The van der Waals surface area contributed by atoms with E-state index >= 15 is 4.39 Å². The summed E-state index contributed by atoms with van der Waals surface area (Å²) in [5.41, 5.74) is 6.74. The third-order valence-electron chi connectivity index (χ3n) is 7.67. The lowest BCUT2D eigenvalue weighted by atomic mass is 10.1. The number of piperazine rings is 1. The van der Waals surface area contributed by atoms with Gasteiger partial charge in [-0.3, -0.25) is 15.1 Å². The number of rotatable bonds is 7. The number of pyridine rings is 2. The van der Waals surface area contributed by atoms with Crippen molar-refractivity contribution < 1.29 is 4.39 Å². The molecule has 0 unspecified atom stereocenters. The number of halogens is 1. The van der Waals surface area contributed by atoms with Crippen LogP contribution >= 0.6 is 0 Å². The zero-order valence-corrected chi connectivity index (χ0v) is 22.7. The van der Waals surface area contributed by atoms with Crippen molar-refractivity contribution in [2.45, 2.75) is 13.1 Å².